The standard InChI is InChI=1S/C14H16N4O/c1-9-6-10-4-2-3-5-12(10)18(8-9)14(19)11-7-13(15)17-16-11/h2-5,7,9H,6,8H2,1H3,(H3,15,16,17). The number of nitrogens with zero attached hydrogens (tertiary/aromatic N) is 2. The maximum atomic E-state index is 12.5. The third kappa shape index (κ3) is 2.07. The summed E-state index contributed by atoms with van der Waals surface area (Å²) in [6, 6.07) is 9.60. The van der Waals surface area contributed by atoms with Crippen LogP contribution in [0.3, 0.4) is 0 Å². The fourth-order valence-electron chi connectivity index (χ4n) is 2.58. The molecule has 2 aromatic rings. The van der Waals surface area contributed by atoms with Gasteiger partial charge in [-0.15, -0.1) is 0 Å². The number of hydrogen-bond donors (Lipinski definition) is 2. The zero-order chi connectivity index (χ0) is 13.4. The Balaban J connectivity index is 1.99. The molecule has 1 aliphatic heterocycles. The van der Waals surface area contributed by atoms with Crippen molar-refractivity contribution >= 4 is 17.4 Å². The van der Waals surface area contributed by atoms with Crippen LogP contribution in [0.4, 0.5) is 11.5 Å². The first-order valence-electron chi connectivity index (χ1n) is 6.36. The molecule has 0 saturated carbocycles. The average Bonchev–Trinajstić information content (AvgIpc) is 2.83. The van der Waals surface area contributed by atoms with Crippen molar-refractivity contribution in [3.05, 3.63) is 41.6 Å². The van der Waals surface area contributed by atoms with Gasteiger partial charge >= 0.3 is 0 Å². The van der Waals surface area contributed by atoms with E-state index in [0.29, 0.717) is 17.4 Å². The number of hydrogen-bond acceptors (Lipinski definition) is 3. The van der Waals surface area contributed by atoms with Crippen molar-refractivity contribution in [3.8, 4) is 0 Å². The van der Waals surface area contributed by atoms with Crippen molar-refractivity contribution in [2.75, 3.05) is 17.2 Å². The van der Waals surface area contributed by atoms with Crippen LogP contribution in [-0.2, 0) is 6.42 Å². The Bertz CT molecular complexity index is 619. The highest BCUT2D eigenvalue weighted by Crippen LogP contribution is 2.30. The van der Waals surface area contributed by atoms with Crippen LogP contribution in [0.15, 0.2) is 30.3 Å². The van der Waals surface area contributed by atoms with Crippen LogP contribution < -0.4 is 10.6 Å². The number of aromatic nitrogens is 2. The monoisotopic (exact) mass is 256 g/mol. The lowest BCUT2D eigenvalue weighted by molar-refractivity contribution is 0.0976. The molecule has 0 spiro atoms. The van der Waals surface area contributed by atoms with Gasteiger partial charge in [0.05, 0.1) is 0 Å². The molecule has 3 rings (SSSR count). The second-order valence-corrected chi connectivity index (χ2v) is 5.06. The number of anilines is 2. The maximum Gasteiger partial charge on any atom is 0.276 e. The molecular formula is C14H16N4O. The van der Waals surface area contributed by atoms with Crippen molar-refractivity contribution in [2.45, 2.75) is 13.3 Å². The Morgan fingerprint density at radius 3 is 3.00 bits per heavy atom. The van der Waals surface area contributed by atoms with Gasteiger partial charge in [0.1, 0.15) is 11.5 Å². The minimum Gasteiger partial charge on any atom is -0.382 e. The molecule has 0 fully saturated rings. The summed E-state index contributed by atoms with van der Waals surface area (Å²) in [5.41, 5.74) is 8.18. The Kier molecular flexibility index (Phi) is 2.74. The molecule has 2 heterocycles. The smallest absolute Gasteiger partial charge is 0.276 e. The van der Waals surface area contributed by atoms with E-state index < -0.39 is 0 Å². The van der Waals surface area contributed by atoms with Gasteiger partial charge in [0, 0.05) is 18.3 Å². The molecule has 98 valence electrons. The Labute approximate surface area is 111 Å². The van der Waals surface area contributed by atoms with Crippen LogP contribution in [-0.4, -0.2) is 22.6 Å². The normalized spacial score (nSPS) is 18.2. The fourth-order valence-corrected chi connectivity index (χ4v) is 2.58. The molecule has 1 aromatic carbocycles. The van der Waals surface area contributed by atoms with E-state index >= 15 is 0 Å². The maximum absolute atomic E-state index is 12.5. The van der Waals surface area contributed by atoms with Gasteiger partial charge in [-0.3, -0.25) is 9.89 Å². The zero-order valence-corrected chi connectivity index (χ0v) is 10.8. The van der Waals surface area contributed by atoms with Crippen molar-refractivity contribution < 1.29 is 4.79 Å². The number of benzene rings is 1. The number of nitrogens with two attached hydrogens (primary N) is 1. The summed E-state index contributed by atoms with van der Waals surface area (Å²) in [6.45, 7) is 2.87. The first-order valence-corrected chi connectivity index (χ1v) is 6.36. The van der Waals surface area contributed by atoms with Gasteiger partial charge in [0.15, 0.2) is 0 Å². The van der Waals surface area contributed by atoms with Gasteiger partial charge in [0.2, 0.25) is 0 Å². The number of para-hydroxylation sites is 1. The zero-order valence-electron chi connectivity index (χ0n) is 10.8. The molecule has 1 aromatic heterocycles. The van der Waals surface area contributed by atoms with Crippen LogP contribution in [0, 0.1) is 5.92 Å². The number of aromatic amines is 1. The molecule has 0 bridgehead atoms. The molecule has 1 aliphatic rings. The topological polar surface area (TPSA) is 75.0 Å². The third-order valence-corrected chi connectivity index (χ3v) is 3.42. The van der Waals surface area contributed by atoms with Crippen LogP contribution in [0.1, 0.15) is 23.0 Å². The van der Waals surface area contributed by atoms with Crippen LogP contribution in [0.2, 0.25) is 0 Å². The fraction of sp³-hybridized carbons (Fsp3) is 0.286. The molecule has 1 unspecified atom stereocenters. The SMILES string of the molecule is CC1Cc2ccccc2N(C(=O)c2cc(N)n[nH]2)C1. The van der Waals surface area contributed by atoms with E-state index in [0.717, 1.165) is 18.7 Å². The quantitative estimate of drug-likeness (QED) is 0.817. The minimum atomic E-state index is -0.0804. The molecular weight excluding hydrogens is 240 g/mol. The lowest BCUT2D eigenvalue weighted by Crippen LogP contribution is -2.39. The first-order chi connectivity index (χ1) is 9.15. The van der Waals surface area contributed by atoms with Crippen molar-refractivity contribution in [3.63, 3.8) is 0 Å². The summed E-state index contributed by atoms with van der Waals surface area (Å²) in [7, 11) is 0. The van der Waals surface area contributed by atoms with E-state index in [-0.39, 0.29) is 5.91 Å². The van der Waals surface area contributed by atoms with Crippen molar-refractivity contribution in [1.29, 1.82) is 0 Å². The van der Waals surface area contributed by atoms with Crippen molar-refractivity contribution in [2.24, 2.45) is 5.92 Å². The van der Waals surface area contributed by atoms with Gasteiger partial charge in [-0.05, 0) is 24.0 Å². The number of carbonyl (C=O) groups excluding carboxylic acids is 1. The van der Waals surface area contributed by atoms with Gasteiger partial charge in [-0.1, -0.05) is 25.1 Å². The Morgan fingerprint density at radius 1 is 1.47 bits per heavy atom. The number of nitrogen functional groups attached to an aromatic ring is 1. The molecule has 5 heteroatoms. The van der Waals surface area contributed by atoms with Gasteiger partial charge in [0.25, 0.3) is 5.91 Å². The van der Waals surface area contributed by atoms with E-state index in [2.05, 4.69) is 23.2 Å². The number of rotatable bonds is 1. The highest BCUT2D eigenvalue weighted by Gasteiger charge is 2.27. The summed E-state index contributed by atoms with van der Waals surface area (Å²) in [4.78, 5) is 14.3. The molecule has 0 saturated heterocycles. The molecule has 5 nitrogen and oxygen atoms in total. The first kappa shape index (κ1) is 11.8. The highest BCUT2D eigenvalue weighted by atomic mass is 16.2. The van der Waals surface area contributed by atoms with Crippen LogP contribution in [0.5, 0.6) is 0 Å². The third-order valence-electron chi connectivity index (χ3n) is 3.42. The summed E-state index contributed by atoms with van der Waals surface area (Å²) in [6.07, 6.45) is 1.01. The lowest BCUT2D eigenvalue weighted by Gasteiger charge is -2.32. The van der Waals surface area contributed by atoms with Gasteiger partial charge < -0.3 is 10.6 Å². The summed E-state index contributed by atoms with van der Waals surface area (Å²) in [5, 5.41) is 6.49. The predicted molar refractivity (Wildman–Crippen MR) is 74.0 cm³/mol. The average molecular weight is 256 g/mol. The van der Waals surface area contributed by atoms with E-state index in [1.54, 1.807) is 11.0 Å². The van der Waals surface area contributed by atoms with Crippen molar-refractivity contribution in [1.82, 2.24) is 10.2 Å². The van der Waals surface area contributed by atoms with Crippen LogP contribution in [0.25, 0.3) is 0 Å². The second-order valence-electron chi connectivity index (χ2n) is 5.06. The van der Waals surface area contributed by atoms with E-state index in [1.807, 2.05) is 18.2 Å². The number of H-pyrrole nitrogens is 1. The lowest BCUT2D eigenvalue weighted by atomic mass is 9.93. The Hall–Kier alpha value is -2.30. The molecule has 3 N–H and O–H groups in total. The van der Waals surface area contributed by atoms with E-state index in [4.69, 9.17) is 5.73 Å². The molecule has 0 radical (unpaired) electrons. The molecule has 19 heavy (non-hydrogen) atoms. The highest BCUT2D eigenvalue weighted by molar-refractivity contribution is 6.05. The van der Waals surface area contributed by atoms with Gasteiger partial charge in [-0.25, -0.2) is 0 Å². The molecule has 0 aliphatic carbocycles. The number of fused-ring (bicyclic) bond motifs is 1. The summed E-state index contributed by atoms with van der Waals surface area (Å²) >= 11 is 0. The summed E-state index contributed by atoms with van der Waals surface area (Å²) < 4.78 is 0. The summed E-state index contributed by atoms with van der Waals surface area (Å²) in [5.74, 6) is 0.698. The van der Waals surface area contributed by atoms with E-state index in [9.17, 15) is 4.79 Å². The molecule has 1 amide bonds. The van der Waals surface area contributed by atoms with E-state index in [1.165, 1.54) is 5.56 Å². The largest absolute Gasteiger partial charge is 0.382 e. The Morgan fingerprint density at radius 2 is 2.26 bits per heavy atom. The van der Waals surface area contributed by atoms with Crippen LogP contribution >= 0.6 is 0 Å². The predicted octanol–water partition coefficient (Wildman–Crippen LogP) is 1.83. The number of carbonyl (C=O) groups is 1. The minimum absolute atomic E-state index is 0.0804. The van der Waals surface area contributed by atoms with Gasteiger partial charge in [-0.2, -0.15) is 5.10 Å². The second kappa shape index (κ2) is 4.42. The number of amides is 1. The number of nitrogens with one attached hydrogen (secondary N) is 1. The molecule has 1 atom stereocenters.